The number of aliphatic carboxylic acids is 4. The highest BCUT2D eigenvalue weighted by atomic mass is 16.4. The fourth-order valence-electron chi connectivity index (χ4n) is 2.16. The number of carboxylic acids is 4. The molecule has 0 amide bonds. The summed E-state index contributed by atoms with van der Waals surface area (Å²) >= 11 is 0. The topological polar surface area (TPSA) is 201 Å². The zero-order valence-corrected chi connectivity index (χ0v) is 11.5. The molecule has 0 bridgehead atoms. The maximum Gasteiger partial charge on any atom is 0.320 e. The third-order valence-corrected chi connectivity index (χ3v) is 3.81. The Kier molecular flexibility index (Phi) is 5.44. The lowest BCUT2D eigenvalue weighted by atomic mass is 10.1. The van der Waals surface area contributed by atoms with Gasteiger partial charge in [0.15, 0.2) is 0 Å². The highest BCUT2D eigenvalue weighted by Gasteiger charge is 2.49. The van der Waals surface area contributed by atoms with E-state index >= 15 is 0 Å². The van der Waals surface area contributed by atoms with Crippen LogP contribution in [0.1, 0.15) is 12.8 Å². The molecule has 0 heterocycles. The molecule has 22 heavy (non-hydrogen) atoms. The first kappa shape index (κ1) is 17.9. The van der Waals surface area contributed by atoms with Gasteiger partial charge in [-0.1, -0.05) is 0 Å². The second-order valence-corrected chi connectivity index (χ2v) is 5.42. The van der Waals surface area contributed by atoms with Gasteiger partial charge in [0.1, 0.15) is 12.1 Å². The minimum absolute atomic E-state index is 0.370. The fourth-order valence-corrected chi connectivity index (χ4v) is 2.16. The Morgan fingerprint density at radius 2 is 1.00 bits per heavy atom. The van der Waals surface area contributed by atoms with Crippen LogP contribution >= 0.6 is 0 Å². The maximum absolute atomic E-state index is 10.3. The summed E-state index contributed by atoms with van der Waals surface area (Å²) in [5, 5.41) is 33.6. The average molecular weight is 318 g/mol. The summed E-state index contributed by atoms with van der Waals surface area (Å²) in [6, 6.07) is -2.04. The van der Waals surface area contributed by atoms with Crippen molar-refractivity contribution >= 4 is 23.9 Å². The molecular formula is C12H18N2O8. The number of nitrogens with two attached hydrogens (primary N) is 2. The van der Waals surface area contributed by atoms with Crippen LogP contribution < -0.4 is 11.5 Å². The van der Waals surface area contributed by atoms with Crippen molar-refractivity contribution in [2.75, 3.05) is 0 Å². The summed E-state index contributed by atoms with van der Waals surface area (Å²) in [5.41, 5.74) is 10.4. The van der Waals surface area contributed by atoms with Gasteiger partial charge in [-0.3, -0.25) is 19.2 Å². The van der Waals surface area contributed by atoms with Gasteiger partial charge < -0.3 is 31.9 Å². The molecule has 0 aromatic heterocycles. The van der Waals surface area contributed by atoms with Gasteiger partial charge in [0.25, 0.3) is 0 Å². The number of hydrogen-bond donors (Lipinski definition) is 6. The Bertz CT molecular complexity index is 450. The lowest BCUT2D eigenvalue weighted by molar-refractivity contribution is -0.142. The first-order valence-corrected chi connectivity index (χ1v) is 6.50. The lowest BCUT2D eigenvalue weighted by Gasteiger charge is -2.01. The zero-order chi connectivity index (χ0) is 17.2. The summed E-state index contributed by atoms with van der Waals surface area (Å²) in [6.45, 7) is 0. The van der Waals surface area contributed by atoms with Gasteiger partial charge in [0.05, 0.1) is 11.8 Å². The molecule has 8 N–H and O–H groups in total. The molecule has 0 aromatic rings. The highest BCUT2D eigenvalue weighted by molar-refractivity contribution is 5.80. The maximum atomic E-state index is 10.3. The van der Waals surface area contributed by atoms with E-state index in [9.17, 15) is 19.2 Å². The van der Waals surface area contributed by atoms with Crippen LogP contribution in [0.5, 0.6) is 0 Å². The zero-order valence-electron chi connectivity index (χ0n) is 11.5. The SMILES string of the molecule is N[C@H](C(=O)O)[C@H]1C[C@@H]1C(=O)O.N[C@H](C(=O)O)[C@H]1C[C@H]1C(=O)O. The highest BCUT2D eigenvalue weighted by Crippen LogP contribution is 2.41. The van der Waals surface area contributed by atoms with Crippen molar-refractivity contribution in [1.82, 2.24) is 0 Å². The number of carboxylic acid groups (broad SMARTS) is 4. The summed E-state index contributed by atoms with van der Waals surface area (Å²) in [7, 11) is 0. The minimum Gasteiger partial charge on any atom is -0.481 e. The summed E-state index contributed by atoms with van der Waals surface area (Å²) in [4.78, 5) is 41.0. The molecule has 2 aliphatic rings. The molecular weight excluding hydrogens is 300 g/mol. The largest absolute Gasteiger partial charge is 0.481 e. The van der Waals surface area contributed by atoms with E-state index in [1.54, 1.807) is 0 Å². The van der Waals surface area contributed by atoms with Gasteiger partial charge in [-0.2, -0.15) is 0 Å². The number of rotatable bonds is 6. The Morgan fingerprint density at radius 3 is 1.14 bits per heavy atom. The van der Waals surface area contributed by atoms with E-state index in [0.717, 1.165) is 0 Å². The Labute approximate surface area is 124 Å². The van der Waals surface area contributed by atoms with Crippen molar-refractivity contribution in [3.8, 4) is 0 Å². The molecule has 0 saturated heterocycles. The van der Waals surface area contributed by atoms with Crippen molar-refractivity contribution in [1.29, 1.82) is 0 Å². The van der Waals surface area contributed by atoms with Crippen LogP contribution in [0.15, 0.2) is 0 Å². The minimum atomic E-state index is -1.13. The van der Waals surface area contributed by atoms with Crippen molar-refractivity contribution in [3.05, 3.63) is 0 Å². The lowest BCUT2D eigenvalue weighted by Crippen LogP contribution is -2.33. The van der Waals surface area contributed by atoms with E-state index < -0.39 is 47.8 Å². The van der Waals surface area contributed by atoms with E-state index in [1.165, 1.54) is 0 Å². The molecule has 10 nitrogen and oxygen atoms in total. The summed E-state index contributed by atoms with van der Waals surface area (Å²) < 4.78 is 0. The van der Waals surface area contributed by atoms with Gasteiger partial charge >= 0.3 is 23.9 Å². The van der Waals surface area contributed by atoms with E-state index in [1.807, 2.05) is 0 Å². The second-order valence-electron chi connectivity index (χ2n) is 5.42. The standard InChI is InChI=1S/2C6H9NO4/c2*7-4(6(10)11)2-1-3(2)5(8)9/h2*2-4H,1,7H2,(H,8,9)(H,10,11)/t2-,3+,4-;2-,3-,4-/m00/s1. The quantitative estimate of drug-likeness (QED) is 0.325. The van der Waals surface area contributed by atoms with Crippen molar-refractivity contribution in [3.63, 3.8) is 0 Å². The predicted octanol–water partition coefficient (Wildman–Crippen LogP) is -1.76. The van der Waals surface area contributed by atoms with Crippen LogP contribution in [0, 0.1) is 23.7 Å². The first-order valence-electron chi connectivity index (χ1n) is 6.50. The van der Waals surface area contributed by atoms with E-state index in [4.69, 9.17) is 31.9 Å². The molecule has 0 radical (unpaired) electrons. The third kappa shape index (κ3) is 4.40. The normalized spacial score (nSPS) is 31.0. The fraction of sp³-hybridized carbons (Fsp3) is 0.667. The van der Waals surface area contributed by atoms with Crippen LogP contribution in [0.25, 0.3) is 0 Å². The van der Waals surface area contributed by atoms with E-state index in [-0.39, 0.29) is 11.8 Å². The van der Waals surface area contributed by atoms with Gasteiger partial charge in [0, 0.05) is 0 Å². The molecule has 10 heteroatoms. The predicted molar refractivity (Wildman–Crippen MR) is 69.7 cm³/mol. The Hall–Kier alpha value is -2.20. The van der Waals surface area contributed by atoms with E-state index in [0.29, 0.717) is 12.8 Å². The second kappa shape index (κ2) is 6.71. The monoisotopic (exact) mass is 318 g/mol. The molecule has 124 valence electrons. The van der Waals surface area contributed by atoms with Crippen LogP contribution in [0.3, 0.4) is 0 Å². The molecule has 0 aromatic carbocycles. The van der Waals surface area contributed by atoms with Crippen LogP contribution in [-0.2, 0) is 19.2 Å². The number of carbonyl (C=O) groups is 4. The molecule has 6 atom stereocenters. The van der Waals surface area contributed by atoms with Crippen molar-refractivity contribution in [2.45, 2.75) is 24.9 Å². The molecule has 0 unspecified atom stereocenters. The van der Waals surface area contributed by atoms with Crippen molar-refractivity contribution < 1.29 is 39.6 Å². The average Bonchev–Trinajstić information content (AvgIpc) is 3.27. The summed E-state index contributed by atoms with van der Waals surface area (Å²) in [6.07, 6.45) is 0.783. The first-order chi connectivity index (χ1) is 10.1. The van der Waals surface area contributed by atoms with Crippen LogP contribution in [0.2, 0.25) is 0 Å². The molecule has 0 spiro atoms. The van der Waals surface area contributed by atoms with Crippen molar-refractivity contribution in [2.24, 2.45) is 35.1 Å². The van der Waals surface area contributed by atoms with Crippen LogP contribution in [-0.4, -0.2) is 56.4 Å². The Balaban J connectivity index is 0.000000220. The van der Waals surface area contributed by atoms with E-state index in [2.05, 4.69) is 0 Å². The van der Waals surface area contributed by atoms with Gasteiger partial charge in [-0.05, 0) is 24.7 Å². The molecule has 2 aliphatic carbocycles. The Morgan fingerprint density at radius 1 is 0.727 bits per heavy atom. The van der Waals surface area contributed by atoms with Gasteiger partial charge in [-0.25, -0.2) is 0 Å². The molecule has 0 aliphatic heterocycles. The molecule has 2 fully saturated rings. The third-order valence-electron chi connectivity index (χ3n) is 3.81. The van der Waals surface area contributed by atoms with Gasteiger partial charge in [0.2, 0.25) is 0 Å². The molecule has 2 saturated carbocycles. The smallest absolute Gasteiger partial charge is 0.320 e. The van der Waals surface area contributed by atoms with Gasteiger partial charge in [-0.15, -0.1) is 0 Å². The number of hydrogen-bond acceptors (Lipinski definition) is 6. The summed E-state index contributed by atoms with van der Waals surface area (Å²) in [5.74, 6) is -5.98. The molecule has 2 rings (SSSR count). The van der Waals surface area contributed by atoms with Crippen LogP contribution in [0.4, 0.5) is 0 Å².